The molecule has 5 rings (SSSR count). The van der Waals surface area contributed by atoms with E-state index in [1.54, 1.807) is 36.5 Å². The van der Waals surface area contributed by atoms with Crippen molar-refractivity contribution < 1.29 is 13.6 Å². The number of anilines is 3. The van der Waals surface area contributed by atoms with Gasteiger partial charge in [-0.1, -0.05) is 11.6 Å². The molecule has 0 saturated carbocycles. The number of carbonyl (C=O) groups is 1. The third-order valence-corrected chi connectivity index (χ3v) is 5.82. The highest BCUT2D eigenvalue weighted by molar-refractivity contribution is 6.30. The van der Waals surface area contributed by atoms with E-state index in [2.05, 4.69) is 20.7 Å². The number of benzene rings is 2. The lowest BCUT2D eigenvalue weighted by molar-refractivity contribution is 0.262. The van der Waals surface area contributed by atoms with Crippen molar-refractivity contribution in [3.8, 4) is 0 Å². The van der Waals surface area contributed by atoms with Gasteiger partial charge < -0.3 is 15.5 Å². The summed E-state index contributed by atoms with van der Waals surface area (Å²) >= 11 is 5.87. The molecule has 0 bridgehead atoms. The molecular weight excluding hydrogens is 450 g/mol. The molecule has 0 aliphatic carbocycles. The molecule has 4 aromatic rings. The summed E-state index contributed by atoms with van der Waals surface area (Å²) < 4.78 is 29.8. The van der Waals surface area contributed by atoms with Crippen molar-refractivity contribution in [2.24, 2.45) is 0 Å². The first kappa shape index (κ1) is 21.1. The molecule has 2 amide bonds. The lowest BCUT2D eigenvalue weighted by atomic mass is 10.0. The van der Waals surface area contributed by atoms with E-state index in [9.17, 15) is 13.6 Å². The first-order valence-electron chi connectivity index (χ1n) is 10.4. The van der Waals surface area contributed by atoms with Crippen molar-refractivity contribution in [2.75, 3.05) is 22.1 Å². The minimum absolute atomic E-state index is 0.309. The van der Waals surface area contributed by atoms with Gasteiger partial charge in [-0.2, -0.15) is 5.10 Å². The predicted octanol–water partition coefficient (Wildman–Crippen LogP) is 5.65. The molecule has 10 heteroatoms. The first-order valence-corrected chi connectivity index (χ1v) is 10.8. The average Bonchev–Trinajstić information content (AvgIpc) is 3.44. The molecule has 168 valence electrons. The van der Waals surface area contributed by atoms with Gasteiger partial charge in [-0.25, -0.2) is 23.1 Å². The van der Waals surface area contributed by atoms with Crippen molar-refractivity contribution in [1.82, 2.24) is 14.6 Å². The fourth-order valence-corrected chi connectivity index (χ4v) is 4.19. The van der Waals surface area contributed by atoms with E-state index in [-0.39, 0.29) is 6.04 Å². The van der Waals surface area contributed by atoms with Gasteiger partial charge >= 0.3 is 6.03 Å². The average molecular weight is 469 g/mol. The van der Waals surface area contributed by atoms with Gasteiger partial charge in [-0.3, -0.25) is 0 Å². The van der Waals surface area contributed by atoms with Gasteiger partial charge in [0, 0.05) is 29.0 Å². The van der Waals surface area contributed by atoms with E-state index >= 15 is 0 Å². The number of carbonyl (C=O) groups excluding carboxylic acids is 1. The standard InChI is InChI=1S/C23H19ClF2N6O/c24-14-3-6-16(7-4-14)28-23(33)29-19-13-27-32-11-9-21(30-22(19)32)31-10-1-2-20(31)17-12-15(25)5-8-18(17)26/h3-9,11-13,20H,1-2,10H2,(H2,28,29,33). The Labute approximate surface area is 193 Å². The number of nitrogens with one attached hydrogen (secondary N) is 2. The summed E-state index contributed by atoms with van der Waals surface area (Å²) in [7, 11) is 0. The lowest BCUT2D eigenvalue weighted by Gasteiger charge is -2.26. The van der Waals surface area contributed by atoms with Crippen LogP contribution < -0.4 is 15.5 Å². The van der Waals surface area contributed by atoms with Crippen molar-refractivity contribution in [3.05, 3.63) is 83.1 Å². The van der Waals surface area contributed by atoms with Crippen LogP contribution in [0.4, 0.5) is 30.8 Å². The number of aromatic nitrogens is 3. The first-order chi connectivity index (χ1) is 16.0. The maximum absolute atomic E-state index is 14.4. The number of hydrogen-bond acceptors (Lipinski definition) is 4. The number of rotatable bonds is 4. The summed E-state index contributed by atoms with van der Waals surface area (Å²) in [6.07, 6.45) is 4.72. The Kier molecular flexibility index (Phi) is 5.55. The number of amides is 2. The monoisotopic (exact) mass is 468 g/mol. The highest BCUT2D eigenvalue weighted by atomic mass is 35.5. The van der Waals surface area contributed by atoms with Gasteiger partial charge in [0.05, 0.1) is 12.2 Å². The number of nitrogens with zero attached hydrogens (tertiary/aromatic N) is 4. The molecule has 1 atom stereocenters. The van der Waals surface area contributed by atoms with Crippen molar-refractivity contribution in [2.45, 2.75) is 18.9 Å². The van der Waals surface area contributed by atoms with Gasteiger partial charge in [0.2, 0.25) is 0 Å². The molecule has 0 spiro atoms. The Hall–Kier alpha value is -3.72. The predicted molar refractivity (Wildman–Crippen MR) is 123 cm³/mol. The van der Waals surface area contributed by atoms with Gasteiger partial charge in [-0.15, -0.1) is 0 Å². The molecule has 3 heterocycles. The molecule has 2 aromatic carbocycles. The smallest absolute Gasteiger partial charge is 0.323 e. The number of hydrogen-bond donors (Lipinski definition) is 2. The molecule has 33 heavy (non-hydrogen) atoms. The Morgan fingerprint density at radius 1 is 1.09 bits per heavy atom. The molecule has 0 radical (unpaired) electrons. The summed E-state index contributed by atoms with van der Waals surface area (Å²) in [5.74, 6) is -0.328. The van der Waals surface area contributed by atoms with Crippen LogP contribution in [-0.4, -0.2) is 27.2 Å². The molecule has 1 fully saturated rings. The lowest BCUT2D eigenvalue weighted by Crippen LogP contribution is -2.25. The van der Waals surface area contributed by atoms with Crippen LogP contribution in [0.3, 0.4) is 0 Å². The highest BCUT2D eigenvalue weighted by Crippen LogP contribution is 2.37. The molecule has 7 nitrogen and oxygen atoms in total. The second kappa shape index (κ2) is 8.67. The quantitative estimate of drug-likeness (QED) is 0.406. The van der Waals surface area contributed by atoms with Crippen molar-refractivity contribution >= 4 is 40.5 Å². The highest BCUT2D eigenvalue weighted by Gasteiger charge is 2.30. The van der Waals surface area contributed by atoms with E-state index in [0.717, 1.165) is 18.6 Å². The summed E-state index contributed by atoms with van der Waals surface area (Å²) in [5.41, 5.74) is 1.74. The number of fused-ring (bicyclic) bond motifs is 1. The fourth-order valence-electron chi connectivity index (χ4n) is 4.06. The van der Waals surface area contributed by atoms with Crippen LogP contribution in [-0.2, 0) is 0 Å². The zero-order chi connectivity index (χ0) is 22.9. The summed E-state index contributed by atoms with van der Waals surface area (Å²) in [4.78, 5) is 19.1. The zero-order valence-corrected chi connectivity index (χ0v) is 18.1. The summed E-state index contributed by atoms with van der Waals surface area (Å²) in [5, 5.41) is 10.3. The maximum Gasteiger partial charge on any atom is 0.323 e. The van der Waals surface area contributed by atoms with Crippen LogP contribution in [0.25, 0.3) is 5.65 Å². The van der Waals surface area contributed by atoms with E-state index in [1.165, 1.54) is 16.8 Å². The third-order valence-electron chi connectivity index (χ3n) is 5.57. The molecule has 2 N–H and O–H groups in total. The number of halogens is 3. The van der Waals surface area contributed by atoms with Crippen LogP contribution in [0.2, 0.25) is 5.02 Å². The van der Waals surface area contributed by atoms with Crippen LogP contribution >= 0.6 is 11.6 Å². The fraction of sp³-hybridized carbons (Fsp3) is 0.174. The second-order valence-corrected chi connectivity index (χ2v) is 8.15. The van der Waals surface area contributed by atoms with Crippen LogP contribution in [0, 0.1) is 11.6 Å². The molecule has 1 saturated heterocycles. The van der Waals surface area contributed by atoms with Crippen LogP contribution in [0.1, 0.15) is 24.4 Å². The molecule has 2 aromatic heterocycles. The molecule has 1 aliphatic heterocycles. The Bertz CT molecular complexity index is 1330. The minimum atomic E-state index is -0.476. The van der Waals surface area contributed by atoms with E-state index in [4.69, 9.17) is 11.6 Å². The second-order valence-electron chi connectivity index (χ2n) is 7.72. The maximum atomic E-state index is 14.4. The Morgan fingerprint density at radius 3 is 2.73 bits per heavy atom. The van der Waals surface area contributed by atoms with Crippen LogP contribution in [0.5, 0.6) is 0 Å². The Balaban J connectivity index is 1.40. The van der Waals surface area contributed by atoms with Crippen molar-refractivity contribution in [1.29, 1.82) is 0 Å². The van der Waals surface area contributed by atoms with Gasteiger partial charge in [0.1, 0.15) is 23.1 Å². The Morgan fingerprint density at radius 2 is 1.91 bits per heavy atom. The zero-order valence-electron chi connectivity index (χ0n) is 17.3. The summed E-state index contributed by atoms with van der Waals surface area (Å²) in [6, 6.07) is 11.2. The third kappa shape index (κ3) is 4.31. The van der Waals surface area contributed by atoms with Crippen molar-refractivity contribution in [3.63, 3.8) is 0 Å². The molecule has 1 unspecified atom stereocenters. The molecule has 1 aliphatic rings. The van der Waals surface area contributed by atoms with E-state index < -0.39 is 17.7 Å². The minimum Gasteiger partial charge on any atom is -0.349 e. The van der Waals surface area contributed by atoms with Gasteiger partial charge in [0.25, 0.3) is 0 Å². The number of urea groups is 1. The van der Waals surface area contributed by atoms with Gasteiger partial charge in [0.15, 0.2) is 5.65 Å². The topological polar surface area (TPSA) is 74.6 Å². The summed E-state index contributed by atoms with van der Waals surface area (Å²) in [6.45, 7) is 0.651. The molecular formula is C23H19ClF2N6O. The van der Waals surface area contributed by atoms with Gasteiger partial charge in [-0.05, 0) is 61.4 Å². The largest absolute Gasteiger partial charge is 0.349 e. The van der Waals surface area contributed by atoms with E-state index in [1.807, 2.05) is 4.90 Å². The normalized spacial score (nSPS) is 15.7. The van der Waals surface area contributed by atoms with Crippen LogP contribution in [0.15, 0.2) is 60.9 Å². The SMILES string of the molecule is O=C(Nc1ccc(Cl)cc1)Nc1cnn2ccc(N3CCCC3c3cc(F)ccc3F)nc12. The van der Waals surface area contributed by atoms with E-state index in [0.29, 0.717) is 46.4 Å².